The summed E-state index contributed by atoms with van der Waals surface area (Å²) in [6, 6.07) is 38.8. The second-order valence-corrected chi connectivity index (χ2v) is 30.2. The number of nitrogens with zero attached hydrogens (tertiary/aromatic N) is 1. The average molecular weight is 1440 g/mol. The molecule has 442 valence electrons. The molecule has 0 aliphatic carbocycles. The summed E-state index contributed by atoms with van der Waals surface area (Å²) in [5.74, 6) is -2.21. The molecular weight excluding hydrogens is 1380 g/mol. The number of hydrogen-bond acceptors (Lipinski definition) is 16. The van der Waals surface area contributed by atoms with Gasteiger partial charge in [-0.05, 0) is 91.0 Å². The van der Waals surface area contributed by atoms with E-state index < -0.39 is 83.3 Å². The summed E-state index contributed by atoms with van der Waals surface area (Å²) < 4.78 is 154. The maximum atomic E-state index is 14.7. The summed E-state index contributed by atoms with van der Waals surface area (Å²) in [6.45, 7) is 10.2. The third-order valence-corrected chi connectivity index (χ3v) is 21.4. The van der Waals surface area contributed by atoms with Gasteiger partial charge in [-0.1, -0.05) is 156 Å². The first-order chi connectivity index (χ1) is 37.7. The summed E-state index contributed by atoms with van der Waals surface area (Å²) in [5.41, 5.74) is 5.92. The van der Waals surface area contributed by atoms with E-state index in [0.29, 0.717) is 49.4 Å². The molecule has 0 saturated carbocycles. The van der Waals surface area contributed by atoms with E-state index in [4.69, 9.17) is 20.7 Å². The van der Waals surface area contributed by atoms with Crippen molar-refractivity contribution in [2.75, 3.05) is 54.1 Å². The Hall–Kier alpha value is -1.03. The Labute approximate surface area is 593 Å². The Morgan fingerprint density at radius 2 is 0.783 bits per heavy atom. The minimum Gasteiger partial charge on any atom is -0.748 e. The quantitative estimate of drug-likeness (QED) is 0.0205. The summed E-state index contributed by atoms with van der Waals surface area (Å²) in [4.78, 5) is 31.4. The van der Waals surface area contributed by atoms with Crippen molar-refractivity contribution < 1.29 is 173 Å². The van der Waals surface area contributed by atoms with Gasteiger partial charge in [-0.25, -0.2) is 16.8 Å². The minimum absolute atomic E-state index is 0. The van der Waals surface area contributed by atoms with Gasteiger partial charge in [0.15, 0.2) is 0 Å². The summed E-state index contributed by atoms with van der Waals surface area (Å²) in [6.07, 6.45) is 0. The molecule has 0 aromatic heterocycles. The van der Waals surface area contributed by atoms with E-state index in [1.807, 2.05) is 68.2 Å². The van der Waals surface area contributed by atoms with Crippen molar-refractivity contribution in [2.24, 2.45) is 0 Å². The molecule has 0 fully saturated rings. The van der Waals surface area contributed by atoms with E-state index in [2.05, 4.69) is 27.9 Å². The maximum Gasteiger partial charge on any atom is 1.00 e. The SMILES string of the molecule is CI.Cc1cc(C)c(C(=O)P(=O)(c2ccccc2)c2ccccc2)c(C)c1CCl.Cc1cc(C)c(C(=O)P(=O)(c2ccccc2)c2ccccc2)c(C)c1CN(CCS(=O)(=O)[O-])CCS(=O)(=O)[O-].O=S(=O)(O)CCNCCS(=O)(=O)O.[K+].[K+]. The van der Waals surface area contributed by atoms with E-state index in [1.54, 1.807) is 112 Å². The fourth-order valence-electron chi connectivity index (χ4n) is 8.70. The zero-order valence-electron chi connectivity index (χ0n) is 47.6. The van der Waals surface area contributed by atoms with Gasteiger partial charge in [0.25, 0.3) is 20.2 Å². The first kappa shape index (κ1) is 80.0. The second kappa shape index (κ2) is 36.6. The Bertz CT molecular complexity index is 3540. The van der Waals surface area contributed by atoms with Crippen LogP contribution in [0.1, 0.15) is 65.2 Å². The summed E-state index contributed by atoms with van der Waals surface area (Å²) in [5, 5.41) is 4.28. The largest absolute Gasteiger partial charge is 1.00 e. The van der Waals surface area contributed by atoms with Crippen LogP contribution in [-0.2, 0) is 62.0 Å². The van der Waals surface area contributed by atoms with Crippen LogP contribution in [0.4, 0.5) is 0 Å². The minimum atomic E-state index is -4.60. The third kappa shape index (κ3) is 24.7. The topological polar surface area (TPSA) is 307 Å². The predicted molar refractivity (Wildman–Crippen MR) is 329 cm³/mol. The molecule has 0 aliphatic heterocycles. The standard InChI is InChI=1S/C27H32NO8PS2.C23H22ClO2P.C4H11NO6S2.CH3I.2K/c1-20-18-21(2)26(22(3)25(20)19-28(14-16-38(31,32)33)15-17-39(34,35)36)27(29)37(30,23-10-6-4-7-11-23)24-12-8-5-9-13-24;1-16-14-17(2)22(18(3)21(16)15-24)23(25)27(26,19-10-6-4-7-11-19)20-12-8-5-9-13-20;6-12(7,8)3-1-5-2-4-13(9,10)11;1-2;;/h4-13,18H,14-17,19H2,1-3H3,(H,31,32,33)(H,34,35,36);4-14H,15H2,1-3H3;5H,1-4H2,(H,6,7,8)(H,9,10,11);1H3;;/q;;;;2*+1/p-2. The third-order valence-electron chi connectivity index (χ3n) is 12.6. The zero-order chi connectivity index (χ0) is 61.1. The smallest absolute Gasteiger partial charge is 0.748 e. The number of aryl methyl sites for hydroxylation is 4. The molecule has 18 nitrogen and oxygen atoms in total. The number of carbonyl (C=O) groups excluding carboxylic acids is 2. The number of alkyl halides is 2. The van der Waals surface area contributed by atoms with Gasteiger partial charge in [0, 0.05) is 70.9 Å². The molecule has 0 bridgehead atoms. The van der Waals surface area contributed by atoms with Crippen LogP contribution in [0.5, 0.6) is 0 Å². The van der Waals surface area contributed by atoms with Gasteiger partial charge in [0.1, 0.15) is 0 Å². The number of halogens is 2. The monoisotopic (exact) mass is 1440 g/mol. The van der Waals surface area contributed by atoms with Crippen LogP contribution in [0, 0.1) is 41.5 Å². The number of carbonyl (C=O) groups is 2. The normalized spacial score (nSPS) is 11.7. The van der Waals surface area contributed by atoms with Gasteiger partial charge in [-0.2, -0.15) is 16.8 Å². The van der Waals surface area contributed by atoms with Crippen molar-refractivity contribution in [3.05, 3.63) is 189 Å². The summed E-state index contributed by atoms with van der Waals surface area (Å²) in [7, 11) is -24.6. The first-order valence-electron chi connectivity index (χ1n) is 24.6. The first-order valence-corrected chi connectivity index (χ1v) is 37.1. The predicted octanol–water partition coefficient (Wildman–Crippen LogP) is 1.57. The van der Waals surface area contributed by atoms with Crippen LogP contribution in [0.2, 0.25) is 0 Å². The summed E-state index contributed by atoms with van der Waals surface area (Å²) >= 11 is 8.28. The van der Waals surface area contributed by atoms with Gasteiger partial charge in [-0.3, -0.25) is 23.6 Å². The Kier molecular flexibility index (Phi) is 35.3. The van der Waals surface area contributed by atoms with Crippen molar-refractivity contribution in [1.29, 1.82) is 0 Å². The van der Waals surface area contributed by atoms with E-state index in [1.165, 1.54) is 4.90 Å². The molecule has 0 atom stereocenters. The number of rotatable bonds is 23. The van der Waals surface area contributed by atoms with Gasteiger partial charge >= 0.3 is 103 Å². The molecular formula is C55H66ClIK2N2O16P2S4. The van der Waals surface area contributed by atoms with Crippen LogP contribution < -0.4 is 129 Å². The Balaban J connectivity index is 0.000000678. The fraction of sp³-hybridized carbons (Fsp3) is 0.309. The van der Waals surface area contributed by atoms with Gasteiger partial charge in [0.05, 0.1) is 43.2 Å². The Morgan fingerprint density at radius 1 is 0.506 bits per heavy atom. The fourth-order valence-corrected chi connectivity index (χ4v) is 16.1. The molecule has 0 amide bonds. The number of nitrogens with one attached hydrogen (secondary N) is 1. The van der Waals surface area contributed by atoms with E-state index in [-0.39, 0.29) is 147 Å². The molecule has 6 rings (SSSR count). The van der Waals surface area contributed by atoms with E-state index in [9.17, 15) is 61.5 Å². The maximum absolute atomic E-state index is 14.7. The van der Waals surface area contributed by atoms with E-state index in [0.717, 1.165) is 27.8 Å². The zero-order valence-corrected chi connectivity index (χ0v) is 61.8. The molecule has 0 heterocycles. The molecule has 6 aromatic carbocycles. The van der Waals surface area contributed by atoms with Crippen molar-refractivity contribution in [3.63, 3.8) is 0 Å². The second-order valence-electron chi connectivity index (χ2n) is 18.4. The molecule has 0 radical (unpaired) electrons. The molecule has 3 N–H and O–H groups in total. The molecule has 0 spiro atoms. The van der Waals surface area contributed by atoms with Crippen LogP contribution >= 0.6 is 48.5 Å². The van der Waals surface area contributed by atoms with Gasteiger partial charge in [0.2, 0.25) is 25.3 Å². The molecule has 6 aromatic rings. The van der Waals surface area contributed by atoms with Crippen LogP contribution in [0.15, 0.2) is 133 Å². The number of benzene rings is 6. The number of hydrogen-bond donors (Lipinski definition) is 3. The van der Waals surface area contributed by atoms with Crippen molar-refractivity contribution in [2.45, 2.75) is 54.0 Å². The molecule has 0 unspecified atom stereocenters. The van der Waals surface area contributed by atoms with Crippen LogP contribution in [0.25, 0.3) is 0 Å². The molecule has 83 heavy (non-hydrogen) atoms. The van der Waals surface area contributed by atoms with Crippen molar-refractivity contribution in [1.82, 2.24) is 10.2 Å². The van der Waals surface area contributed by atoms with Crippen molar-refractivity contribution >= 4 is 121 Å². The average Bonchev–Trinajstić information content (AvgIpc) is 3.59. The molecule has 0 aliphatic rings. The Morgan fingerprint density at radius 3 is 1.05 bits per heavy atom. The molecule has 0 saturated heterocycles. The van der Waals surface area contributed by atoms with Crippen LogP contribution in [-0.4, -0.2) is 122 Å². The van der Waals surface area contributed by atoms with Gasteiger partial charge in [-0.15, -0.1) is 11.6 Å². The van der Waals surface area contributed by atoms with E-state index >= 15 is 0 Å². The molecule has 28 heteroatoms. The van der Waals surface area contributed by atoms with Gasteiger partial charge < -0.3 is 23.6 Å². The van der Waals surface area contributed by atoms with Crippen LogP contribution in [0.3, 0.4) is 0 Å². The van der Waals surface area contributed by atoms with Crippen molar-refractivity contribution in [3.8, 4) is 0 Å².